The summed E-state index contributed by atoms with van der Waals surface area (Å²) in [6, 6.07) is 3.37. The number of piperidine rings is 1. The highest BCUT2D eigenvalue weighted by atomic mass is 19.1. The van der Waals surface area contributed by atoms with Gasteiger partial charge in [-0.05, 0) is 58.7 Å². The number of alkyl halides is 1. The van der Waals surface area contributed by atoms with Gasteiger partial charge in [0.2, 0.25) is 0 Å². The van der Waals surface area contributed by atoms with Crippen molar-refractivity contribution in [2.75, 3.05) is 5.32 Å². The van der Waals surface area contributed by atoms with Crippen LogP contribution in [0, 0.1) is 5.82 Å². The summed E-state index contributed by atoms with van der Waals surface area (Å²) >= 11 is 0. The highest BCUT2D eigenvalue weighted by Crippen LogP contribution is 2.33. The molecule has 0 aromatic heterocycles. The number of rotatable bonds is 2. The van der Waals surface area contributed by atoms with Crippen LogP contribution in [0.2, 0.25) is 0 Å². The van der Waals surface area contributed by atoms with E-state index in [0.29, 0.717) is 5.69 Å². The summed E-state index contributed by atoms with van der Waals surface area (Å²) in [6.45, 7) is 6.39. The number of carbonyl (C=O) groups excluding carboxylic acids is 2. The van der Waals surface area contributed by atoms with E-state index in [0.717, 1.165) is 0 Å². The monoisotopic (exact) mass is 340 g/mol. The van der Waals surface area contributed by atoms with Crippen molar-refractivity contribution in [1.82, 2.24) is 5.32 Å². The molecule has 132 valence electrons. The molecule has 0 bridgehead atoms. The fourth-order valence-corrected chi connectivity index (χ4v) is 2.45. The predicted octanol–water partition coefficient (Wildman–Crippen LogP) is 3.85. The van der Waals surface area contributed by atoms with Crippen molar-refractivity contribution in [1.29, 1.82) is 0 Å². The Labute approximate surface area is 139 Å². The Balaban J connectivity index is 2.15. The first-order chi connectivity index (χ1) is 11.0. The average molecular weight is 340 g/mol. The van der Waals surface area contributed by atoms with Crippen LogP contribution in [0.4, 0.5) is 19.3 Å². The standard InChI is InChI=1S/C17H22F2N2O3/c1-16(2,3)24-15(23)20-10-5-6-12(18)11(9-10)13-7-8-17(4,19)14(22)21-13/h5-6,9,13H,7-8H2,1-4H3,(H,20,23)(H,21,22)/t13?,17-/m1/s1. The average Bonchev–Trinajstić information content (AvgIpc) is 2.42. The molecule has 1 aromatic rings. The summed E-state index contributed by atoms with van der Waals surface area (Å²) in [5, 5.41) is 5.00. The van der Waals surface area contributed by atoms with Crippen molar-refractivity contribution in [3.63, 3.8) is 0 Å². The molecule has 1 heterocycles. The maximum Gasteiger partial charge on any atom is 0.412 e. The second-order valence-electron chi connectivity index (χ2n) is 7.13. The lowest BCUT2D eigenvalue weighted by molar-refractivity contribution is -0.135. The number of nitrogens with one attached hydrogen (secondary N) is 2. The van der Waals surface area contributed by atoms with Gasteiger partial charge < -0.3 is 10.1 Å². The van der Waals surface area contributed by atoms with Gasteiger partial charge in [-0.2, -0.15) is 0 Å². The van der Waals surface area contributed by atoms with Crippen LogP contribution in [-0.2, 0) is 9.53 Å². The summed E-state index contributed by atoms with van der Waals surface area (Å²) in [4.78, 5) is 23.5. The molecule has 0 radical (unpaired) electrons. The minimum atomic E-state index is -1.95. The predicted molar refractivity (Wildman–Crippen MR) is 85.9 cm³/mol. The van der Waals surface area contributed by atoms with Gasteiger partial charge in [0.25, 0.3) is 5.91 Å². The van der Waals surface area contributed by atoms with Crippen molar-refractivity contribution in [3.8, 4) is 0 Å². The summed E-state index contributed by atoms with van der Waals surface area (Å²) in [7, 11) is 0. The number of amides is 2. The molecule has 7 heteroatoms. The van der Waals surface area contributed by atoms with Crippen LogP contribution in [0.1, 0.15) is 52.1 Å². The SMILES string of the molecule is CC(C)(C)OC(=O)Nc1ccc(F)c(C2CC[C@@](C)(F)C(=O)N2)c1. The van der Waals surface area contributed by atoms with Crippen molar-refractivity contribution < 1.29 is 23.1 Å². The van der Waals surface area contributed by atoms with E-state index < -0.39 is 35.1 Å². The second-order valence-corrected chi connectivity index (χ2v) is 7.13. The van der Waals surface area contributed by atoms with E-state index in [2.05, 4.69) is 10.6 Å². The van der Waals surface area contributed by atoms with Crippen LogP contribution in [0.25, 0.3) is 0 Å². The Kier molecular flexibility index (Phi) is 4.82. The molecule has 2 amide bonds. The lowest BCUT2D eigenvalue weighted by Crippen LogP contribution is -2.47. The van der Waals surface area contributed by atoms with Crippen LogP contribution in [0.5, 0.6) is 0 Å². The van der Waals surface area contributed by atoms with Gasteiger partial charge in [0.1, 0.15) is 11.4 Å². The third-order valence-corrected chi connectivity index (χ3v) is 3.70. The summed E-state index contributed by atoms with van der Waals surface area (Å²) < 4.78 is 33.1. The molecule has 0 saturated carbocycles. The Morgan fingerprint density at radius 1 is 1.42 bits per heavy atom. The first-order valence-corrected chi connectivity index (χ1v) is 7.77. The molecular formula is C17H22F2N2O3. The molecule has 1 unspecified atom stereocenters. The van der Waals surface area contributed by atoms with E-state index in [1.54, 1.807) is 20.8 Å². The zero-order valence-electron chi connectivity index (χ0n) is 14.2. The van der Waals surface area contributed by atoms with Gasteiger partial charge in [-0.3, -0.25) is 10.1 Å². The lowest BCUT2D eigenvalue weighted by Gasteiger charge is -2.31. The number of benzene rings is 1. The van der Waals surface area contributed by atoms with Crippen LogP contribution in [-0.4, -0.2) is 23.3 Å². The van der Waals surface area contributed by atoms with Crippen LogP contribution >= 0.6 is 0 Å². The first-order valence-electron chi connectivity index (χ1n) is 7.77. The summed E-state index contributed by atoms with van der Waals surface area (Å²) in [5.74, 6) is -1.29. The Morgan fingerprint density at radius 2 is 2.08 bits per heavy atom. The molecule has 1 aliphatic heterocycles. The van der Waals surface area contributed by atoms with E-state index in [1.165, 1.54) is 25.1 Å². The molecule has 2 N–H and O–H groups in total. The molecule has 2 atom stereocenters. The van der Waals surface area contributed by atoms with Gasteiger partial charge in [0.05, 0.1) is 6.04 Å². The Hall–Kier alpha value is -2.18. The highest BCUT2D eigenvalue weighted by Gasteiger charge is 2.39. The topological polar surface area (TPSA) is 67.4 Å². The van der Waals surface area contributed by atoms with E-state index in [9.17, 15) is 18.4 Å². The van der Waals surface area contributed by atoms with Gasteiger partial charge >= 0.3 is 6.09 Å². The van der Waals surface area contributed by atoms with Crippen molar-refractivity contribution in [3.05, 3.63) is 29.6 Å². The van der Waals surface area contributed by atoms with Crippen molar-refractivity contribution in [2.45, 2.75) is 57.8 Å². The number of carbonyl (C=O) groups is 2. The molecule has 1 aliphatic rings. The minimum absolute atomic E-state index is 0.00661. The van der Waals surface area contributed by atoms with Gasteiger partial charge in [0.15, 0.2) is 5.67 Å². The number of halogens is 2. The van der Waals surface area contributed by atoms with E-state index >= 15 is 0 Å². The largest absolute Gasteiger partial charge is 0.444 e. The summed E-state index contributed by atoms with van der Waals surface area (Å²) in [5.41, 5.74) is -2.06. The van der Waals surface area contributed by atoms with E-state index in [4.69, 9.17) is 4.74 Å². The number of ether oxygens (including phenoxy) is 1. The van der Waals surface area contributed by atoms with Gasteiger partial charge in [-0.1, -0.05) is 0 Å². The maximum atomic E-state index is 14.1. The second kappa shape index (κ2) is 6.37. The fourth-order valence-electron chi connectivity index (χ4n) is 2.45. The number of hydrogen-bond acceptors (Lipinski definition) is 3. The van der Waals surface area contributed by atoms with Crippen molar-refractivity contribution >= 4 is 17.7 Å². The van der Waals surface area contributed by atoms with Gasteiger partial charge in [0, 0.05) is 11.3 Å². The smallest absolute Gasteiger partial charge is 0.412 e. The van der Waals surface area contributed by atoms with Gasteiger partial charge in [-0.25, -0.2) is 13.6 Å². The maximum absolute atomic E-state index is 14.1. The third-order valence-electron chi connectivity index (χ3n) is 3.70. The molecule has 24 heavy (non-hydrogen) atoms. The van der Waals surface area contributed by atoms with Crippen LogP contribution in [0.3, 0.4) is 0 Å². The molecule has 1 fully saturated rings. The minimum Gasteiger partial charge on any atom is -0.444 e. The van der Waals surface area contributed by atoms with Crippen LogP contribution in [0.15, 0.2) is 18.2 Å². The lowest BCUT2D eigenvalue weighted by atomic mass is 9.89. The molecule has 5 nitrogen and oxygen atoms in total. The quantitative estimate of drug-likeness (QED) is 0.859. The molecule has 0 aliphatic carbocycles. The summed E-state index contributed by atoms with van der Waals surface area (Å²) in [6.07, 6.45) is -0.387. The van der Waals surface area contributed by atoms with Gasteiger partial charge in [-0.15, -0.1) is 0 Å². The van der Waals surface area contributed by atoms with E-state index in [1.807, 2.05) is 0 Å². The molecule has 1 saturated heterocycles. The Bertz CT molecular complexity index is 654. The number of anilines is 1. The van der Waals surface area contributed by atoms with Crippen molar-refractivity contribution in [2.24, 2.45) is 0 Å². The fraction of sp³-hybridized carbons (Fsp3) is 0.529. The Morgan fingerprint density at radius 3 is 2.67 bits per heavy atom. The molecule has 2 rings (SSSR count). The normalized spacial score (nSPS) is 24.2. The van der Waals surface area contributed by atoms with Crippen LogP contribution < -0.4 is 10.6 Å². The zero-order chi connectivity index (χ0) is 18.1. The molecular weight excluding hydrogens is 318 g/mol. The molecule has 1 aromatic carbocycles. The highest BCUT2D eigenvalue weighted by molar-refractivity contribution is 5.86. The van der Waals surface area contributed by atoms with E-state index in [-0.39, 0.29) is 18.4 Å². The molecule has 0 spiro atoms. The first kappa shape index (κ1) is 18.2. The third kappa shape index (κ3) is 4.43. The zero-order valence-corrected chi connectivity index (χ0v) is 14.2. The number of hydrogen-bond donors (Lipinski definition) is 2.